The first-order chi connectivity index (χ1) is 7.18. The van der Waals surface area contributed by atoms with E-state index < -0.39 is 0 Å². The van der Waals surface area contributed by atoms with Crippen molar-refractivity contribution in [1.82, 2.24) is 9.55 Å². The van der Waals surface area contributed by atoms with Gasteiger partial charge >= 0.3 is 0 Å². The highest BCUT2D eigenvalue weighted by atomic mass is 16.5. The third-order valence-electron chi connectivity index (χ3n) is 2.51. The fourth-order valence-corrected chi connectivity index (χ4v) is 1.80. The summed E-state index contributed by atoms with van der Waals surface area (Å²) in [4.78, 5) is 16.1. The number of carbonyl (C=O) groups excluding carboxylic acids is 1. The zero-order chi connectivity index (χ0) is 10.8. The van der Waals surface area contributed by atoms with Gasteiger partial charge in [0.25, 0.3) is 0 Å². The number of hydrogen-bond acceptors (Lipinski definition) is 3. The average molecular weight is 208 g/mol. The van der Waals surface area contributed by atoms with E-state index >= 15 is 0 Å². The van der Waals surface area contributed by atoms with Crippen molar-refractivity contribution in [3.8, 4) is 0 Å². The van der Waals surface area contributed by atoms with Crippen LogP contribution in [0.1, 0.15) is 36.6 Å². The summed E-state index contributed by atoms with van der Waals surface area (Å²) in [5, 5.41) is 0. The zero-order valence-electron chi connectivity index (χ0n) is 9.19. The Hall–Kier alpha value is -1.16. The maximum atomic E-state index is 11.9. The molecule has 82 valence electrons. The largest absolute Gasteiger partial charge is 0.372 e. The number of ketones is 1. The van der Waals surface area contributed by atoms with Crippen LogP contribution in [0.4, 0.5) is 0 Å². The Bertz CT molecular complexity index is 369. The van der Waals surface area contributed by atoms with Gasteiger partial charge in [-0.3, -0.25) is 4.79 Å². The minimum atomic E-state index is 0.186. The Morgan fingerprint density at radius 3 is 3.20 bits per heavy atom. The van der Waals surface area contributed by atoms with Crippen LogP contribution >= 0.6 is 0 Å². The highest BCUT2D eigenvalue weighted by Crippen LogP contribution is 2.15. The van der Waals surface area contributed by atoms with Gasteiger partial charge in [-0.15, -0.1) is 0 Å². The predicted octanol–water partition coefficient (Wildman–Crippen LogP) is 1.64. The predicted molar refractivity (Wildman–Crippen MR) is 55.7 cm³/mol. The second-order valence-electron chi connectivity index (χ2n) is 4.29. The van der Waals surface area contributed by atoms with Crippen molar-refractivity contribution in [2.24, 2.45) is 5.92 Å². The van der Waals surface area contributed by atoms with Crippen LogP contribution in [0.2, 0.25) is 0 Å². The minimum Gasteiger partial charge on any atom is -0.372 e. The lowest BCUT2D eigenvalue weighted by atomic mass is 10.1. The number of fused-ring (bicyclic) bond motifs is 1. The molecule has 1 aliphatic rings. The molecule has 1 aliphatic heterocycles. The van der Waals surface area contributed by atoms with E-state index in [1.54, 1.807) is 6.20 Å². The summed E-state index contributed by atoms with van der Waals surface area (Å²) in [6, 6.07) is 0. The lowest BCUT2D eigenvalue weighted by Gasteiger charge is -2.16. The van der Waals surface area contributed by atoms with Gasteiger partial charge in [0.2, 0.25) is 0 Å². The van der Waals surface area contributed by atoms with Crippen molar-refractivity contribution in [2.75, 3.05) is 6.61 Å². The molecule has 0 aromatic carbocycles. The van der Waals surface area contributed by atoms with Gasteiger partial charge < -0.3 is 9.30 Å². The third-order valence-corrected chi connectivity index (χ3v) is 2.51. The Morgan fingerprint density at radius 2 is 2.47 bits per heavy atom. The second kappa shape index (κ2) is 4.14. The van der Waals surface area contributed by atoms with Crippen LogP contribution in [0.15, 0.2) is 6.20 Å². The van der Waals surface area contributed by atoms with Crippen LogP contribution in [0.5, 0.6) is 0 Å². The van der Waals surface area contributed by atoms with Crippen molar-refractivity contribution in [1.29, 1.82) is 0 Å². The van der Waals surface area contributed by atoms with Gasteiger partial charge in [0, 0.05) is 13.0 Å². The van der Waals surface area contributed by atoms with Gasteiger partial charge in [-0.2, -0.15) is 0 Å². The van der Waals surface area contributed by atoms with E-state index in [2.05, 4.69) is 18.8 Å². The summed E-state index contributed by atoms with van der Waals surface area (Å²) in [7, 11) is 0. The van der Waals surface area contributed by atoms with E-state index in [9.17, 15) is 4.79 Å². The topological polar surface area (TPSA) is 44.1 Å². The minimum absolute atomic E-state index is 0.186. The Balaban J connectivity index is 2.21. The molecule has 4 heteroatoms. The maximum absolute atomic E-state index is 11.9. The molecule has 0 saturated carbocycles. The average Bonchev–Trinajstić information content (AvgIpc) is 2.59. The van der Waals surface area contributed by atoms with Gasteiger partial charge in [0.1, 0.15) is 18.1 Å². The molecule has 1 aromatic heterocycles. The van der Waals surface area contributed by atoms with Gasteiger partial charge in [-0.1, -0.05) is 13.8 Å². The monoisotopic (exact) mass is 208 g/mol. The number of carbonyl (C=O) groups is 1. The molecule has 0 atom stereocenters. The molecule has 0 saturated heterocycles. The number of rotatable bonds is 3. The van der Waals surface area contributed by atoms with Crippen molar-refractivity contribution in [3.63, 3.8) is 0 Å². The molecule has 2 heterocycles. The number of ether oxygens (including phenoxy) is 1. The second-order valence-corrected chi connectivity index (χ2v) is 4.29. The molecule has 1 aromatic rings. The SMILES string of the molecule is CC(C)CC(=O)c1cnc2n1CCOC2. The molecule has 0 spiro atoms. The maximum Gasteiger partial charge on any atom is 0.181 e. The van der Waals surface area contributed by atoms with Crippen molar-refractivity contribution in [3.05, 3.63) is 17.7 Å². The molecular weight excluding hydrogens is 192 g/mol. The molecule has 0 unspecified atom stereocenters. The quantitative estimate of drug-likeness (QED) is 0.709. The van der Waals surface area contributed by atoms with E-state index in [1.807, 2.05) is 4.57 Å². The zero-order valence-corrected chi connectivity index (χ0v) is 9.19. The van der Waals surface area contributed by atoms with Gasteiger partial charge in [-0.25, -0.2) is 4.98 Å². The van der Waals surface area contributed by atoms with E-state index in [0.29, 0.717) is 25.6 Å². The van der Waals surface area contributed by atoms with E-state index in [0.717, 1.165) is 18.1 Å². The third kappa shape index (κ3) is 2.09. The first-order valence-corrected chi connectivity index (χ1v) is 5.34. The van der Waals surface area contributed by atoms with Crippen molar-refractivity contribution >= 4 is 5.78 Å². The van der Waals surface area contributed by atoms with E-state index in [-0.39, 0.29) is 5.78 Å². The van der Waals surface area contributed by atoms with Gasteiger partial charge in [0.15, 0.2) is 5.78 Å². The molecule has 2 rings (SSSR count). The van der Waals surface area contributed by atoms with Crippen molar-refractivity contribution in [2.45, 2.75) is 33.4 Å². The highest BCUT2D eigenvalue weighted by Gasteiger charge is 2.19. The summed E-state index contributed by atoms with van der Waals surface area (Å²) in [6.45, 7) is 6.04. The summed E-state index contributed by atoms with van der Waals surface area (Å²) in [6.07, 6.45) is 2.26. The number of imidazole rings is 1. The van der Waals surface area contributed by atoms with Gasteiger partial charge in [-0.05, 0) is 5.92 Å². The molecule has 0 amide bonds. The summed E-state index contributed by atoms with van der Waals surface area (Å²) in [5.74, 6) is 1.45. The van der Waals surface area contributed by atoms with E-state index in [1.165, 1.54) is 0 Å². The summed E-state index contributed by atoms with van der Waals surface area (Å²) >= 11 is 0. The first kappa shape index (κ1) is 10.4. The molecule has 0 fully saturated rings. The lowest BCUT2D eigenvalue weighted by Crippen LogP contribution is -2.21. The summed E-state index contributed by atoms with van der Waals surface area (Å²) in [5.41, 5.74) is 0.738. The molecule has 0 bridgehead atoms. The first-order valence-electron chi connectivity index (χ1n) is 5.34. The molecule has 0 N–H and O–H groups in total. The number of hydrogen-bond donors (Lipinski definition) is 0. The van der Waals surface area contributed by atoms with Crippen LogP contribution in [0, 0.1) is 5.92 Å². The van der Waals surface area contributed by atoms with Crippen LogP contribution < -0.4 is 0 Å². The van der Waals surface area contributed by atoms with Gasteiger partial charge in [0.05, 0.1) is 12.8 Å². The molecule has 4 nitrogen and oxygen atoms in total. The van der Waals surface area contributed by atoms with Crippen LogP contribution in [-0.2, 0) is 17.9 Å². The van der Waals surface area contributed by atoms with Crippen LogP contribution in [0.3, 0.4) is 0 Å². The van der Waals surface area contributed by atoms with Crippen LogP contribution in [0.25, 0.3) is 0 Å². The smallest absolute Gasteiger partial charge is 0.181 e. The van der Waals surface area contributed by atoms with E-state index in [4.69, 9.17) is 4.74 Å². The normalized spacial score (nSPS) is 15.4. The number of nitrogens with zero attached hydrogens (tertiary/aromatic N) is 2. The van der Waals surface area contributed by atoms with Crippen LogP contribution in [-0.4, -0.2) is 21.9 Å². The molecule has 15 heavy (non-hydrogen) atoms. The standard InChI is InChI=1S/C11H16N2O2/c1-8(2)5-10(14)9-6-12-11-7-15-4-3-13(9)11/h6,8H,3-5,7H2,1-2H3. The Morgan fingerprint density at radius 1 is 1.67 bits per heavy atom. The number of aromatic nitrogens is 2. The molecule has 0 radical (unpaired) electrons. The summed E-state index contributed by atoms with van der Waals surface area (Å²) < 4.78 is 7.26. The highest BCUT2D eigenvalue weighted by molar-refractivity contribution is 5.94. The van der Waals surface area contributed by atoms with Crippen molar-refractivity contribution < 1.29 is 9.53 Å². The lowest BCUT2D eigenvalue weighted by molar-refractivity contribution is 0.0782. The molecular formula is C11H16N2O2. The fraction of sp³-hybridized carbons (Fsp3) is 0.636. The fourth-order valence-electron chi connectivity index (χ4n) is 1.80. The number of Topliss-reactive ketones (excluding diaryl/α,β-unsaturated/α-hetero) is 1. The Kier molecular flexibility index (Phi) is 2.86. The molecule has 0 aliphatic carbocycles. The Labute approximate surface area is 89.3 Å².